The molecule has 2 aromatic rings. The molecule has 8 heteroatoms. The van der Waals surface area contributed by atoms with Crippen molar-refractivity contribution in [3.05, 3.63) is 29.3 Å². The van der Waals surface area contributed by atoms with Gasteiger partial charge >= 0.3 is 0 Å². The zero-order valence-electron chi connectivity index (χ0n) is 11.7. The number of anilines is 1. The SMILES string of the molecule is Cl.O=C(CNCC1CC1)Nc1nnc(-c2cccc(Cl)c2)s1. The summed E-state index contributed by atoms with van der Waals surface area (Å²) in [7, 11) is 0. The molecule has 3 rings (SSSR count). The van der Waals surface area contributed by atoms with E-state index in [-0.39, 0.29) is 18.3 Å². The van der Waals surface area contributed by atoms with Gasteiger partial charge in [0, 0.05) is 10.6 Å². The smallest absolute Gasteiger partial charge is 0.240 e. The highest BCUT2D eigenvalue weighted by atomic mass is 35.5. The van der Waals surface area contributed by atoms with Crippen molar-refractivity contribution in [1.82, 2.24) is 15.5 Å². The maximum atomic E-state index is 11.8. The largest absolute Gasteiger partial charge is 0.308 e. The van der Waals surface area contributed by atoms with Gasteiger partial charge in [-0.3, -0.25) is 10.1 Å². The van der Waals surface area contributed by atoms with E-state index < -0.39 is 0 Å². The van der Waals surface area contributed by atoms with Gasteiger partial charge in [-0.2, -0.15) is 0 Å². The van der Waals surface area contributed by atoms with Gasteiger partial charge in [0.15, 0.2) is 0 Å². The van der Waals surface area contributed by atoms with Gasteiger partial charge in [-0.25, -0.2) is 0 Å². The predicted octanol–water partition coefficient (Wildman–Crippen LogP) is 3.22. The zero-order chi connectivity index (χ0) is 14.7. The summed E-state index contributed by atoms with van der Waals surface area (Å²) in [5.74, 6) is 0.665. The summed E-state index contributed by atoms with van der Waals surface area (Å²) in [6.45, 7) is 1.22. The number of nitrogens with zero attached hydrogens (tertiary/aromatic N) is 2. The van der Waals surface area contributed by atoms with Crippen LogP contribution in [0.4, 0.5) is 5.13 Å². The molecule has 0 radical (unpaired) electrons. The number of hydrogen-bond donors (Lipinski definition) is 2. The Hall–Kier alpha value is -1.21. The Balaban J connectivity index is 0.00000176. The maximum absolute atomic E-state index is 11.8. The molecule has 0 spiro atoms. The van der Waals surface area contributed by atoms with Crippen LogP contribution < -0.4 is 10.6 Å². The second-order valence-corrected chi connectivity index (χ2v) is 6.46. The van der Waals surface area contributed by atoms with Crippen LogP contribution in [0.2, 0.25) is 5.02 Å². The van der Waals surface area contributed by atoms with E-state index in [1.165, 1.54) is 24.2 Å². The lowest BCUT2D eigenvalue weighted by Gasteiger charge is -2.02. The number of amides is 1. The van der Waals surface area contributed by atoms with Crippen LogP contribution in [-0.2, 0) is 4.79 Å². The number of halogens is 2. The molecule has 1 aliphatic carbocycles. The number of hydrogen-bond acceptors (Lipinski definition) is 5. The Morgan fingerprint density at radius 1 is 1.36 bits per heavy atom. The van der Waals surface area contributed by atoms with E-state index in [0.717, 1.165) is 23.0 Å². The average molecular weight is 359 g/mol. The van der Waals surface area contributed by atoms with Gasteiger partial charge in [0.1, 0.15) is 5.01 Å². The van der Waals surface area contributed by atoms with Gasteiger partial charge in [0.2, 0.25) is 11.0 Å². The molecule has 1 saturated carbocycles. The normalized spacial score (nSPS) is 13.5. The quantitative estimate of drug-likeness (QED) is 0.831. The van der Waals surface area contributed by atoms with Crippen molar-refractivity contribution >= 4 is 46.4 Å². The lowest BCUT2D eigenvalue weighted by Crippen LogP contribution is -2.29. The van der Waals surface area contributed by atoms with E-state index in [4.69, 9.17) is 11.6 Å². The lowest BCUT2D eigenvalue weighted by atomic mass is 10.2. The summed E-state index contributed by atoms with van der Waals surface area (Å²) in [5, 5.41) is 15.8. The van der Waals surface area contributed by atoms with Gasteiger partial charge in [0.05, 0.1) is 6.54 Å². The number of nitrogens with one attached hydrogen (secondary N) is 2. The van der Waals surface area contributed by atoms with Crippen molar-refractivity contribution in [1.29, 1.82) is 0 Å². The molecule has 22 heavy (non-hydrogen) atoms. The highest BCUT2D eigenvalue weighted by Crippen LogP contribution is 2.28. The van der Waals surface area contributed by atoms with E-state index in [1.54, 1.807) is 6.07 Å². The number of carbonyl (C=O) groups is 1. The Labute approximate surface area is 143 Å². The fourth-order valence-corrected chi connectivity index (χ4v) is 2.83. The zero-order valence-corrected chi connectivity index (χ0v) is 14.1. The summed E-state index contributed by atoms with van der Waals surface area (Å²) in [4.78, 5) is 11.8. The fourth-order valence-electron chi connectivity index (χ4n) is 1.89. The van der Waals surface area contributed by atoms with Gasteiger partial charge in [-0.1, -0.05) is 35.1 Å². The van der Waals surface area contributed by atoms with Crippen LogP contribution >= 0.6 is 35.3 Å². The Kier molecular flexibility index (Phi) is 6.14. The minimum atomic E-state index is -0.0931. The Morgan fingerprint density at radius 2 is 2.18 bits per heavy atom. The molecule has 118 valence electrons. The number of rotatable bonds is 6. The summed E-state index contributed by atoms with van der Waals surface area (Å²) in [6.07, 6.45) is 2.54. The number of benzene rings is 1. The first-order valence-electron chi connectivity index (χ1n) is 6.81. The minimum absolute atomic E-state index is 0. The third-order valence-electron chi connectivity index (χ3n) is 3.16. The monoisotopic (exact) mass is 358 g/mol. The van der Waals surface area contributed by atoms with Crippen LogP contribution in [0, 0.1) is 5.92 Å². The highest BCUT2D eigenvalue weighted by molar-refractivity contribution is 7.18. The topological polar surface area (TPSA) is 66.9 Å². The fraction of sp³-hybridized carbons (Fsp3) is 0.357. The van der Waals surface area contributed by atoms with Crippen molar-refractivity contribution in [2.24, 2.45) is 5.92 Å². The second-order valence-electron chi connectivity index (χ2n) is 5.05. The maximum Gasteiger partial charge on any atom is 0.240 e. The van der Waals surface area contributed by atoms with Crippen LogP contribution in [-0.4, -0.2) is 29.2 Å². The third-order valence-corrected chi connectivity index (χ3v) is 4.28. The highest BCUT2D eigenvalue weighted by Gasteiger charge is 2.20. The third kappa shape index (κ3) is 4.91. The molecule has 1 aromatic carbocycles. The second kappa shape index (κ2) is 7.87. The number of aromatic nitrogens is 2. The molecule has 0 saturated heterocycles. The van der Waals surface area contributed by atoms with E-state index >= 15 is 0 Å². The average Bonchev–Trinajstić information content (AvgIpc) is 3.16. The molecule has 1 heterocycles. The van der Waals surface area contributed by atoms with Crippen LogP contribution in [0.3, 0.4) is 0 Å². The Morgan fingerprint density at radius 3 is 2.91 bits per heavy atom. The lowest BCUT2D eigenvalue weighted by molar-refractivity contribution is -0.115. The van der Waals surface area contributed by atoms with Gasteiger partial charge < -0.3 is 5.32 Å². The van der Waals surface area contributed by atoms with E-state index in [2.05, 4.69) is 20.8 Å². The van der Waals surface area contributed by atoms with E-state index in [9.17, 15) is 4.79 Å². The summed E-state index contributed by atoms with van der Waals surface area (Å²) >= 11 is 7.29. The van der Waals surface area contributed by atoms with Crippen LogP contribution in [0.5, 0.6) is 0 Å². The molecule has 0 bridgehead atoms. The van der Waals surface area contributed by atoms with Crippen molar-refractivity contribution in [3.63, 3.8) is 0 Å². The molecule has 1 aromatic heterocycles. The molecular formula is C14H16Cl2N4OS. The van der Waals surface area contributed by atoms with Gasteiger partial charge in [-0.15, -0.1) is 22.6 Å². The molecule has 0 aliphatic heterocycles. The molecule has 1 aliphatic rings. The molecule has 1 fully saturated rings. The number of carbonyl (C=O) groups excluding carboxylic acids is 1. The van der Waals surface area contributed by atoms with E-state index in [1.807, 2.05) is 18.2 Å². The van der Waals surface area contributed by atoms with Crippen LogP contribution in [0.25, 0.3) is 10.6 Å². The molecule has 5 nitrogen and oxygen atoms in total. The van der Waals surface area contributed by atoms with Crippen molar-refractivity contribution in [3.8, 4) is 10.6 Å². The van der Waals surface area contributed by atoms with E-state index in [0.29, 0.717) is 16.7 Å². The van der Waals surface area contributed by atoms with Crippen LogP contribution in [0.15, 0.2) is 24.3 Å². The minimum Gasteiger partial charge on any atom is -0.308 e. The van der Waals surface area contributed by atoms with Crippen molar-refractivity contribution in [2.45, 2.75) is 12.8 Å². The first-order chi connectivity index (χ1) is 10.2. The molecule has 0 atom stereocenters. The standard InChI is InChI=1S/C14H15ClN4OS.ClH/c15-11-3-1-2-10(6-11)13-18-19-14(21-13)17-12(20)8-16-7-9-4-5-9;/h1-3,6,9,16H,4-5,7-8H2,(H,17,19,20);1H. The van der Waals surface area contributed by atoms with Gasteiger partial charge in [0.25, 0.3) is 0 Å². The molecular weight excluding hydrogens is 343 g/mol. The Bertz CT molecular complexity index is 645. The summed E-state index contributed by atoms with van der Waals surface area (Å²) in [6, 6.07) is 7.40. The van der Waals surface area contributed by atoms with Gasteiger partial charge in [-0.05, 0) is 37.4 Å². The van der Waals surface area contributed by atoms with Crippen molar-refractivity contribution in [2.75, 3.05) is 18.4 Å². The first kappa shape index (κ1) is 17.1. The van der Waals surface area contributed by atoms with Crippen LogP contribution in [0.1, 0.15) is 12.8 Å². The molecule has 1 amide bonds. The molecule has 2 N–H and O–H groups in total. The summed E-state index contributed by atoms with van der Waals surface area (Å²) < 4.78 is 0. The summed E-state index contributed by atoms with van der Waals surface area (Å²) in [5.41, 5.74) is 0.896. The molecule has 0 unspecified atom stereocenters. The van der Waals surface area contributed by atoms with Crippen molar-refractivity contribution < 1.29 is 4.79 Å². The predicted molar refractivity (Wildman–Crippen MR) is 91.8 cm³/mol. The first-order valence-corrected chi connectivity index (χ1v) is 8.00.